The molecule has 0 aliphatic carbocycles. The maximum absolute atomic E-state index is 5.48. The summed E-state index contributed by atoms with van der Waals surface area (Å²) in [7, 11) is 1.83. The Labute approximate surface area is 156 Å². The number of hydrogen-bond donors (Lipinski definition) is 2. The van der Waals surface area contributed by atoms with Crippen LogP contribution < -0.4 is 10.6 Å². The smallest absolute Gasteiger partial charge is 0.191 e. The minimum atomic E-state index is 0.501. The molecule has 25 heavy (non-hydrogen) atoms. The van der Waals surface area contributed by atoms with E-state index < -0.39 is 0 Å². The molecule has 0 saturated carbocycles. The van der Waals surface area contributed by atoms with Gasteiger partial charge in [-0.15, -0.1) is 11.8 Å². The lowest BCUT2D eigenvalue weighted by atomic mass is 10.0. The van der Waals surface area contributed by atoms with Crippen LogP contribution in [0.1, 0.15) is 13.8 Å². The number of thioether (sulfide) groups is 1. The molecule has 1 fully saturated rings. The predicted octanol–water partition coefficient (Wildman–Crippen LogP) is 2.30. The van der Waals surface area contributed by atoms with E-state index in [0.717, 1.165) is 51.1 Å². The van der Waals surface area contributed by atoms with Crippen LogP contribution in [-0.2, 0) is 4.74 Å². The largest absolute Gasteiger partial charge is 0.379 e. The lowest BCUT2D eigenvalue weighted by Crippen LogP contribution is -2.52. The molecular weight excluding hydrogens is 332 g/mol. The van der Waals surface area contributed by atoms with E-state index in [1.807, 2.05) is 24.9 Å². The van der Waals surface area contributed by atoms with E-state index in [-0.39, 0.29) is 0 Å². The first-order chi connectivity index (χ1) is 12.2. The van der Waals surface area contributed by atoms with E-state index in [0.29, 0.717) is 12.0 Å². The van der Waals surface area contributed by atoms with Crippen molar-refractivity contribution in [3.8, 4) is 0 Å². The summed E-state index contributed by atoms with van der Waals surface area (Å²) >= 11 is 1.86. The number of morpholine rings is 1. The van der Waals surface area contributed by atoms with Crippen LogP contribution in [0.25, 0.3) is 0 Å². The summed E-state index contributed by atoms with van der Waals surface area (Å²) in [5.74, 6) is 2.49. The fourth-order valence-electron chi connectivity index (χ4n) is 2.97. The van der Waals surface area contributed by atoms with Gasteiger partial charge in [0.25, 0.3) is 0 Å². The van der Waals surface area contributed by atoms with Crippen molar-refractivity contribution in [2.75, 3.05) is 52.2 Å². The zero-order valence-corrected chi connectivity index (χ0v) is 16.5. The first-order valence-electron chi connectivity index (χ1n) is 9.15. The van der Waals surface area contributed by atoms with Crippen LogP contribution in [0.5, 0.6) is 0 Å². The predicted molar refractivity (Wildman–Crippen MR) is 108 cm³/mol. The Kier molecular flexibility index (Phi) is 9.15. The minimum Gasteiger partial charge on any atom is -0.379 e. The molecule has 0 aromatic heterocycles. The molecular formula is C19H32N4OS. The van der Waals surface area contributed by atoms with Crippen molar-refractivity contribution in [3.63, 3.8) is 0 Å². The highest BCUT2D eigenvalue weighted by atomic mass is 32.2. The van der Waals surface area contributed by atoms with Gasteiger partial charge in [-0.1, -0.05) is 32.0 Å². The first kappa shape index (κ1) is 20.1. The molecule has 1 unspecified atom stereocenters. The number of nitrogens with one attached hydrogen (secondary N) is 2. The van der Waals surface area contributed by atoms with Gasteiger partial charge in [0, 0.05) is 49.9 Å². The molecule has 1 atom stereocenters. The number of aliphatic imine (C=N–C) groups is 1. The molecule has 5 nitrogen and oxygen atoms in total. The van der Waals surface area contributed by atoms with Crippen LogP contribution in [0, 0.1) is 5.92 Å². The van der Waals surface area contributed by atoms with Gasteiger partial charge in [0.15, 0.2) is 5.96 Å². The van der Waals surface area contributed by atoms with Gasteiger partial charge in [-0.3, -0.25) is 9.89 Å². The molecule has 0 spiro atoms. The Balaban J connectivity index is 1.70. The highest BCUT2D eigenvalue weighted by Crippen LogP contribution is 2.15. The molecule has 0 radical (unpaired) electrons. The average Bonchev–Trinajstić information content (AvgIpc) is 2.65. The Morgan fingerprint density at radius 3 is 2.56 bits per heavy atom. The van der Waals surface area contributed by atoms with Gasteiger partial charge < -0.3 is 15.4 Å². The van der Waals surface area contributed by atoms with Gasteiger partial charge in [-0.25, -0.2) is 0 Å². The van der Waals surface area contributed by atoms with Gasteiger partial charge in [0.1, 0.15) is 0 Å². The third kappa shape index (κ3) is 7.26. The summed E-state index contributed by atoms with van der Waals surface area (Å²) in [5.41, 5.74) is 0. The van der Waals surface area contributed by atoms with E-state index in [4.69, 9.17) is 4.74 Å². The third-order valence-corrected chi connectivity index (χ3v) is 5.41. The Morgan fingerprint density at radius 1 is 1.20 bits per heavy atom. The van der Waals surface area contributed by atoms with E-state index >= 15 is 0 Å². The van der Waals surface area contributed by atoms with Gasteiger partial charge in [0.05, 0.1) is 13.2 Å². The number of nitrogens with zero attached hydrogens (tertiary/aromatic N) is 2. The average molecular weight is 365 g/mol. The summed E-state index contributed by atoms with van der Waals surface area (Å²) in [4.78, 5) is 8.18. The number of benzene rings is 1. The third-order valence-electron chi connectivity index (χ3n) is 4.39. The number of rotatable bonds is 8. The second-order valence-electron chi connectivity index (χ2n) is 6.50. The number of ether oxygens (including phenoxy) is 1. The van der Waals surface area contributed by atoms with Crippen molar-refractivity contribution in [2.45, 2.75) is 24.8 Å². The topological polar surface area (TPSA) is 48.9 Å². The van der Waals surface area contributed by atoms with Crippen LogP contribution >= 0.6 is 11.8 Å². The summed E-state index contributed by atoms with van der Waals surface area (Å²) in [6.07, 6.45) is 0. The van der Waals surface area contributed by atoms with Crippen molar-refractivity contribution in [1.82, 2.24) is 15.5 Å². The van der Waals surface area contributed by atoms with E-state index in [9.17, 15) is 0 Å². The second kappa shape index (κ2) is 11.4. The van der Waals surface area contributed by atoms with Crippen molar-refractivity contribution >= 4 is 17.7 Å². The summed E-state index contributed by atoms with van der Waals surface area (Å²) in [5, 5.41) is 6.91. The van der Waals surface area contributed by atoms with Crippen LogP contribution in [0.3, 0.4) is 0 Å². The van der Waals surface area contributed by atoms with Crippen LogP contribution in [-0.4, -0.2) is 69.1 Å². The molecule has 6 heteroatoms. The highest BCUT2D eigenvalue weighted by molar-refractivity contribution is 7.99. The van der Waals surface area contributed by atoms with Crippen molar-refractivity contribution < 1.29 is 4.74 Å². The standard InChI is InChI=1S/C19H32N4OS/c1-16(2)18(23-10-12-24-13-11-23)15-22-19(20-3)21-9-14-25-17-7-5-4-6-8-17/h4-8,16,18H,9-15H2,1-3H3,(H2,20,21,22). The van der Waals surface area contributed by atoms with E-state index in [1.165, 1.54) is 4.90 Å². The maximum atomic E-state index is 5.48. The van der Waals surface area contributed by atoms with Crippen LogP contribution in [0.2, 0.25) is 0 Å². The van der Waals surface area contributed by atoms with Crippen molar-refractivity contribution in [3.05, 3.63) is 30.3 Å². The lowest BCUT2D eigenvalue weighted by molar-refractivity contribution is 0.00752. The highest BCUT2D eigenvalue weighted by Gasteiger charge is 2.23. The van der Waals surface area contributed by atoms with Crippen molar-refractivity contribution in [1.29, 1.82) is 0 Å². The molecule has 1 aliphatic rings. The lowest BCUT2D eigenvalue weighted by Gasteiger charge is -2.37. The number of hydrogen-bond acceptors (Lipinski definition) is 4. The summed E-state index contributed by atoms with van der Waals surface area (Å²) < 4.78 is 5.48. The van der Waals surface area contributed by atoms with Crippen LogP contribution in [0.4, 0.5) is 0 Å². The normalized spacial score (nSPS) is 17.5. The zero-order chi connectivity index (χ0) is 17.9. The van der Waals surface area contributed by atoms with Crippen molar-refractivity contribution in [2.24, 2.45) is 10.9 Å². The quantitative estimate of drug-likeness (QED) is 0.321. The molecule has 2 rings (SSSR count). The molecule has 0 amide bonds. The molecule has 0 bridgehead atoms. The van der Waals surface area contributed by atoms with E-state index in [2.05, 4.69) is 58.6 Å². The Bertz CT molecular complexity index is 503. The molecule has 1 heterocycles. The molecule has 2 N–H and O–H groups in total. The fraction of sp³-hybridized carbons (Fsp3) is 0.632. The summed E-state index contributed by atoms with van der Waals surface area (Å²) in [6, 6.07) is 11.0. The molecule has 1 aromatic rings. The fourth-order valence-corrected chi connectivity index (χ4v) is 3.76. The Morgan fingerprint density at radius 2 is 1.92 bits per heavy atom. The maximum Gasteiger partial charge on any atom is 0.191 e. The second-order valence-corrected chi connectivity index (χ2v) is 7.67. The number of guanidine groups is 1. The van der Waals surface area contributed by atoms with Crippen LogP contribution in [0.15, 0.2) is 40.2 Å². The SMILES string of the molecule is CN=C(NCCSc1ccccc1)NCC(C(C)C)N1CCOCC1. The van der Waals surface area contributed by atoms with Gasteiger partial charge in [-0.2, -0.15) is 0 Å². The Hall–Kier alpha value is -1.24. The monoisotopic (exact) mass is 364 g/mol. The van der Waals surface area contributed by atoms with Gasteiger partial charge in [-0.05, 0) is 18.1 Å². The zero-order valence-electron chi connectivity index (χ0n) is 15.7. The molecule has 140 valence electrons. The van der Waals surface area contributed by atoms with Gasteiger partial charge >= 0.3 is 0 Å². The summed E-state index contributed by atoms with van der Waals surface area (Å²) in [6.45, 7) is 10.1. The molecule has 1 aliphatic heterocycles. The van der Waals surface area contributed by atoms with Gasteiger partial charge in [0.2, 0.25) is 0 Å². The molecule has 1 saturated heterocycles. The molecule has 1 aromatic carbocycles. The minimum absolute atomic E-state index is 0.501. The van der Waals surface area contributed by atoms with E-state index in [1.54, 1.807) is 0 Å². The first-order valence-corrected chi connectivity index (χ1v) is 10.1.